The molecule has 0 N–H and O–H groups in total. The molecule has 2 aromatic heterocycles. The summed E-state index contributed by atoms with van der Waals surface area (Å²) in [6, 6.07) is 3.53. The Kier molecular flexibility index (Phi) is 6.07. The highest BCUT2D eigenvalue weighted by molar-refractivity contribution is 7.23. The van der Waals surface area contributed by atoms with Crippen LogP contribution in [0.1, 0.15) is 10.4 Å². The van der Waals surface area contributed by atoms with Crippen LogP contribution in [0.2, 0.25) is 5.02 Å². The number of amides is 1. The predicted molar refractivity (Wildman–Crippen MR) is 111 cm³/mol. The number of likely N-dealkylation sites (N-methyl/N-ethyl adjacent to an activating group) is 1. The van der Waals surface area contributed by atoms with Gasteiger partial charge in [0.05, 0.1) is 23.9 Å². The molecule has 3 aromatic rings. The first-order valence-electron chi connectivity index (χ1n) is 8.53. The average molecular weight is 424 g/mol. The molecule has 0 aliphatic carbocycles. The summed E-state index contributed by atoms with van der Waals surface area (Å²) in [6.45, 7) is 1.11. The van der Waals surface area contributed by atoms with Crippen molar-refractivity contribution in [2.75, 3.05) is 46.3 Å². The van der Waals surface area contributed by atoms with Gasteiger partial charge in [0.15, 0.2) is 5.13 Å². The van der Waals surface area contributed by atoms with Gasteiger partial charge in [-0.2, -0.15) is 0 Å². The number of aromatic nitrogens is 3. The van der Waals surface area contributed by atoms with Crippen molar-refractivity contribution < 1.29 is 14.3 Å². The fraction of sp³-hybridized carbons (Fsp3) is 0.389. The number of nitrogens with zero attached hydrogens (tertiary/aromatic N) is 5. The lowest BCUT2D eigenvalue weighted by Crippen LogP contribution is -2.36. The number of halogens is 1. The number of thiazole rings is 1. The highest BCUT2D eigenvalue weighted by Crippen LogP contribution is 2.39. The van der Waals surface area contributed by atoms with E-state index in [1.54, 1.807) is 42.1 Å². The highest BCUT2D eigenvalue weighted by Gasteiger charge is 2.27. The molecule has 0 fully saturated rings. The molecule has 0 atom stereocenters. The van der Waals surface area contributed by atoms with Gasteiger partial charge < -0.3 is 14.4 Å². The van der Waals surface area contributed by atoms with E-state index in [-0.39, 0.29) is 11.8 Å². The van der Waals surface area contributed by atoms with Crippen LogP contribution in [-0.2, 0) is 7.05 Å². The van der Waals surface area contributed by atoms with Crippen molar-refractivity contribution in [3.8, 4) is 11.6 Å². The SMILES string of the molecule is COc1nn(C)cc1C(=O)N(CCN(C)C)c1nc2c(OC)ccc(Cl)c2s1. The van der Waals surface area contributed by atoms with Crippen LogP contribution in [0.15, 0.2) is 18.3 Å². The second kappa shape index (κ2) is 8.34. The summed E-state index contributed by atoms with van der Waals surface area (Å²) >= 11 is 7.70. The molecule has 150 valence electrons. The molecule has 0 aliphatic heterocycles. The Morgan fingerprint density at radius 2 is 2.00 bits per heavy atom. The van der Waals surface area contributed by atoms with E-state index in [1.807, 2.05) is 19.0 Å². The number of carbonyl (C=O) groups excluding carboxylic acids is 1. The third-order valence-electron chi connectivity index (χ3n) is 4.13. The molecule has 0 saturated heterocycles. The van der Waals surface area contributed by atoms with Crippen LogP contribution in [0.3, 0.4) is 0 Å². The molecular weight excluding hydrogens is 402 g/mol. The van der Waals surface area contributed by atoms with Crippen molar-refractivity contribution >= 4 is 44.2 Å². The number of fused-ring (bicyclic) bond motifs is 1. The molecule has 3 rings (SSSR count). The maximum Gasteiger partial charge on any atom is 0.267 e. The van der Waals surface area contributed by atoms with Crippen molar-refractivity contribution in [2.45, 2.75) is 0 Å². The molecule has 0 bridgehead atoms. The van der Waals surface area contributed by atoms with Crippen LogP contribution in [0.25, 0.3) is 10.2 Å². The summed E-state index contributed by atoms with van der Waals surface area (Å²) in [6.07, 6.45) is 1.64. The smallest absolute Gasteiger partial charge is 0.267 e. The van der Waals surface area contributed by atoms with Crippen molar-refractivity contribution in [3.63, 3.8) is 0 Å². The zero-order valence-corrected chi connectivity index (χ0v) is 18.0. The zero-order chi connectivity index (χ0) is 20.4. The molecule has 0 aliphatic rings. The molecule has 10 heteroatoms. The van der Waals surface area contributed by atoms with Gasteiger partial charge in [0.1, 0.15) is 16.8 Å². The lowest BCUT2D eigenvalue weighted by atomic mass is 10.3. The van der Waals surface area contributed by atoms with Gasteiger partial charge in [-0.3, -0.25) is 14.4 Å². The number of hydrogen-bond acceptors (Lipinski definition) is 7. The van der Waals surface area contributed by atoms with Gasteiger partial charge in [0, 0.05) is 26.3 Å². The van der Waals surface area contributed by atoms with Gasteiger partial charge in [-0.05, 0) is 26.2 Å². The summed E-state index contributed by atoms with van der Waals surface area (Å²) in [5.74, 6) is 0.654. The maximum absolute atomic E-state index is 13.3. The van der Waals surface area contributed by atoms with E-state index in [4.69, 9.17) is 21.1 Å². The Morgan fingerprint density at radius 1 is 1.25 bits per heavy atom. The van der Waals surface area contributed by atoms with Crippen molar-refractivity contribution in [3.05, 3.63) is 28.9 Å². The van der Waals surface area contributed by atoms with Gasteiger partial charge in [0.2, 0.25) is 5.88 Å². The molecular formula is C18H22ClN5O3S. The number of anilines is 1. The Hall–Kier alpha value is -2.36. The van der Waals surface area contributed by atoms with Gasteiger partial charge in [-0.25, -0.2) is 4.98 Å². The van der Waals surface area contributed by atoms with E-state index in [0.29, 0.717) is 40.1 Å². The van der Waals surface area contributed by atoms with E-state index in [1.165, 1.54) is 18.4 Å². The van der Waals surface area contributed by atoms with Gasteiger partial charge in [-0.15, -0.1) is 5.10 Å². The van der Waals surface area contributed by atoms with Gasteiger partial charge >= 0.3 is 0 Å². The highest BCUT2D eigenvalue weighted by atomic mass is 35.5. The van der Waals surface area contributed by atoms with Crippen LogP contribution in [0.5, 0.6) is 11.6 Å². The normalized spacial score (nSPS) is 11.2. The van der Waals surface area contributed by atoms with E-state index < -0.39 is 0 Å². The van der Waals surface area contributed by atoms with Crippen molar-refractivity contribution in [2.24, 2.45) is 7.05 Å². The maximum atomic E-state index is 13.3. The summed E-state index contributed by atoms with van der Waals surface area (Å²) in [7, 11) is 8.71. The summed E-state index contributed by atoms with van der Waals surface area (Å²) in [5.41, 5.74) is 1.01. The minimum atomic E-state index is -0.235. The number of ether oxygens (including phenoxy) is 2. The van der Waals surface area contributed by atoms with Gasteiger partial charge in [-0.1, -0.05) is 22.9 Å². The standard InChI is InChI=1S/C18H22ClN5O3S/c1-22(2)8-9-24(17(25)11-10-23(3)21-16(11)27-5)18-20-14-13(26-4)7-6-12(19)15(14)28-18/h6-7,10H,8-9H2,1-5H3. The summed E-state index contributed by atoms with van der Waals surface area (Å²) in [5, 5.41) is 5.29. The summed E-state index contributed by atoms with van der Waals surface area (Å²) < 4.78 is 13.0. The molecule has 0 radical (unpaired) electrons. The molecule has 0 saturated carbocycles. The third-order valence-corrected chi connectivity index (χ3v) is 5.67. The van der Waals surface area contributed by atoms with Gasteiger partial charge in [0.25, 0.3) is 5.91 Å². The number of hydrogen-bond donors (Lipinski definition) is 0. The Morgan fingerprint density at radius 3 is 2.64 bits per heavy atom. The molecule has 28 heavy (non-hydrogen) atoms. The van der Waals surface area contributed by atoms with E-state index in [9.17, 15) is 4.79 Å². The fourth-order valence-corrected chi connectivity index (χ4v) is 4.00. The topological polar surface area (TPSA) is 72.7 Å². The lowest BCUT2D eigenvalue weighted by Gasteiger charge is -2.21. The Labute approximate surface area is 172 Å². The second-order valence-corrected chi connectivity index (χ2v) is 7.79. The van der Waals surface area contributed by atoms with Crippen molar-refractivity contribution in [1.82, 2.24) is 19.7 Å². The monoisotopic (exact) mass is 423 g/mol. The van der Waals surface area contributed by atoms with Crippen LogP contribution in [-0.4, -0.2) is 67.0 Å². The Balaban J connectivity index is 2.08. The molecule has 0 spiro atoms. The van der Waals surface area contributed by atoms with E-state index in [0.717, 1.165) is 4.70 Å². The third kappa shape index (κ3) is 3.91. The largest absolute Gasteiger partial charge is 0.494 e. The van der Waals surface area contributed by atoms with E-state index >= 15 is 0 Å². The zero-order valence-electron chi connectivity index (χ0n) is 16.4. The molecule has 8 nitrogen and oxygen atoms in total. The fourth-order valence-electron chi connectivity index (χ4n) is 2.72. The first kappa shape index (κ1) is 20.4. The Bertz CT molecular complexity index is 1000. The minimum absolute atomic E-state index is 0.235. The number of aryl methyl sites for hydroxylation is 1. The quantitative estimate of drug-likeness (QED) is 0.581. The summed E-state index contributed by atoms with van der Waals surface area (Å²) in [4.78, 5) is 21.6. The first-order valence-corrected chi connectivity index (χ1v) is 9.72. The predicted octanol–water partition coefficient (Wildman–Crippen LogP) is 2.91. The number of carbonyl (C=O) groups is 1. The van der Waals surface area contributed by atoms with Crippen LogP contribution in [0, 0.1) is 0 Å². The minimum Gasteiger partial charge on any atom is -0.494 e. The lowest BCUT2D eigenvalue weighted by molar-refractivity contribution is 0.0982. The second-order valence-electron chi connectivity index (χ2n) is 6.41. The molecule has 1 amide bonds. The van der Waals surface area contributed by atoms with Crippen LogP contribution >= 0.6 is 22.9 Å². The first-order chi connectivity index (χ1) is 13.3. The van der Waals surface area contributed by atoms with Crippen LogP contribution in [0.4, 0.5) is 5.13 Å². The number of rotatable bonds is 7. The molecule has 1 aromatic carbocycles. The van der Waals surface area contributed by atoms with Crippen molar-refractivity contribution in [1.29, 1.82) is 0 Å². The van der Waals surface area contributed by atoms with Crippen LogP contribution < -0.4 is 14.4 Å². The number of benzene rings is 1. The number of methoxy groups -OCH3 is 2. The van der Waals surface area contributed by atoms with E-state index in [2.05, 4.69) is 10.1 Å². The molecule has 0 unspecified atom stereocenters. The molecule has 2 heterocycles. The average Bonchev–Trinajstić information content (AvgIpc) is 3.26.